The summed E-state index contributed by atoms with van der Waals surface area (Å²) in [4.78, 5) is 37.4. The number of hydrogen-bond donors (Lipinski definition) is 0. The van der Waals surface area contributed by atoms with Crippen LogP contribution in [0.1, 0.15) is 181 Å². The van der Waals surface area contributed by atoms with E-state index >= 15 is 0 Å². The molecule has 0 rings (SSSR count). The maximum Gasteiger partial charge on any atom is 0.306 e. The molecule has 6 heteroatoms. The van der Waals surface area contributed by atoms with Crippen LogP contribution in [0, 0.1) is 0 Å². The molecule has 1 atom stereocenters. The lowest BCUT2D eigenvalue weighted by molar-refractivity contribution is -0.167. The van der Waals surface area contributed by atoms with E-state index in [9.17, 15) is 14.4 Å². The molecule has 296 valence electrons. The molecule has 0 saturated heterocycles. The van der Waals surface area contributed by atoms with E-state index < -0.39 is 6.10 Å². The van der Waals surface area contributed by atoms with Gasteiger partial charge in [-0.1, -0.05) is 151 Å². The minimum Gasteiger partial charge on any atom is -0.462 e. The first-order valence-corrected chi connectivity index (χ1v) is 20.9. The highest BCUT2D eigenvalue weighted by molar-refractivity contribution is 5.71. The van der Waals surface area contributed by atoms with Gasteiger partial charge in [-0.3, -0.25) is 14.4 Å². The van der Waals surface area contributed by atoms with Gasteiger partial charge in [-0.25, -0.2) is 0 Å². The van der Waals surface area contributed by atoms with Crippen molar-refractivity contribution in [3.63, 3.8) is 0 Å². The highest BCUT2D eigenvalue weighted by Gasteiger charge is 2.19. The van der Waals surface area contributed by atoms with Crippen LogP contribution in [0.2, 0.25) is 0 Å². The van der Waals surface area contributed by atoms with Crippen LogP contribution in [0.3, 0.4) is 0 Å². The molecule has 0 bridgehead atoms. The number of hydrogen-bond acceptors (Lipinski definition) is 6. The Morgan fingerprint density at radius 3 is 1.19 bits per heavy atom. The number of carbonyl (C=O) groups excluding carboxylic acids is 3. The predicted molar refractivity (Wildman–Crippen MR) is 219 cm³/mol. The van der Waals surface area contributed by atoms with Crippen molar-refractivity contribution < 1.29 is 28.6 Å². The number of unbranched alkanes of at least 4 members (excludes halogenated alkanes) is 13. The quantitative estimate of drug-likeness (QED) is 0.0277. The molecule has 0 N–H and O–H groups in total. The lowest BCUT2D eigenvalue weighted by atomic mass is 10.1. The molecule has 0 aliphatic carbocycles. The Morgan fingerprint density at radius 1 is 0.404 bits per heavy atom. The Balaban J connectivity index is 4.39. The van der Waals surface area contributed by atoms with Crippen molar-refractivity contribution in [2.45, 2.75) is 187 Å². The summed E-state index contributed by atoms with van der Waals surface area (Å²) >= 11 is 0. The average Bonchev–Trinajstić information content (AvgIpc) is 3.14. The molecule has 0 fully saturated rings. The first-order chi connectivity index (χ1) is 25.5. The second-order valence-electron chi connectivity index (χ2n) is 13.5. The van der Waals surface area contributed by atoms with E-state index in [1.807, 2.05) is 0 Å². The number of rotatable bonds is 36. The molecule has 0 heterocycles. The van der Waals surface area contributed by atoms with E-state index in [0.29, 0.717) is 12.8 Å². The third-order valence-corrected chi connectivity index (χ3v) is 8.46. The lowest BCUT2D eigenvalue weighted by Gasteiger charge is -2.18. The summed E-state index contributed by atoms with van der Waals surface area (Å²) in [5.74, 6) is -0.961. The molecule has 0 saturated carbocycles. The zero-order chi connectivity index (χ0) is 38.0. The summed E-state index contributed by atoms with van der Waals surface area (Å²) in [6.07, 6.45) is 49.0. The van der Waals surface area contributed by atoms with Crippen molar-refractivity contribution in [3.8, 4) is 0 Å². The standard InChI is InChI=1S/C46H76O6/c1-4-7-10-13-16-18-20-22-23-25-26-28-30-33-36-39-45(48)51-42-43(41-50-44(47)38-35-32-15-12-9-6-3)52-46(49)40-37-34-31-29-27-24-21-19-17-14-11-8-5-2/h7-8,10-11,16-19,22-24,27,43H,4-6,9,12-15,20-21,25-26,28-42H2,1-3H3/b10-7-,11-8-,18-16-,19-17-,23-22-,27-24-. The van der Waals surface area contributed by atoms with Crippen LogP contribution in [-0.4, -0.2) is 37.2 Å². The van der Waals surface area contributed by atoms with Crippen LogP contribution in [0.25, 0.3) is 0 Å². The highest BCUT2D eigenvalue weighted by Crippen LogP contribution is 2.12. The van der Waals surface area contributed by atoms with Crippen LogP contribution in [0.15, 0.2) is 72.9 Å². The SMILES string of the molecule is CC/C=C\C/C=C\C/C=C\CCCCCCCC(=O)OCC(COC(=O)CCCCCCCC)OC(=O)CCCCC/C=C\C/C=C\C/C=C\CC. The predicted octanol–water partition coefficient (Wildman–Crippen LogP) is 13.1. The molecule has 0 aromatic rings. The van der Waals surface area contributed by atoms with E-state index in [2.05, 4.69) is 93.7 Å². The van der Waals surface area contributed by atoms with Gasteiger partial charge in [-0.15, -0.1) is 0 Å². The Morgan fingerprint density at radius 2 is 0.750 bits per heavy atom. The van der Waals surface area contributed by atoms with Crippen LogP contribution in [0.4, 0.5) is 0 Å². The van der Waals surface area contributed by atoms with E-state index in [1.54, 1.807) is 0 Å². The fraction of sp³-hybridized carbons (Fsp3) is 0.674. The summed E-state index contributed by atoms with van der Waals surface area (Å²) in [5, 5.41) is 0. The molecule has 0 aliphatic rings. The van der Waals surface area contributed by atoms with E-state index in [0.717, 1.165) is 122 Å². The van der Waals surface area contributed by atoms with Gasteiger partial charge in [0.25, 0.3) is 0 Å². The van der Waals surface area contributed by atoms with Gasteiger partial charge in [-0.05, 0) is 83.5 Å². The van der Waals surface area contributed by atoms with Gasteiger partial charge >= 0.3 is 17.9 Å². The highest BCUT2D eigenvalue weighted by atomic mass is 16.6. The lowest BCUT2D eigenvalue weighted by Crippen LogP contribution is -2.30. The Labute approximate surface area is 319 Å². The van der Waals surface area contributed by atoms with Crippen molar-refractivity contribution in [2.24, 2.45) is 0 Å². The van der Waals surface area contributed by atoms with Gasteiger partial charge in [-0.2, -0.15) is 0 Å². The van der Waals surface area contributed by atoms with Crippen LogP contribution < -0.4 is 0 Å². The normalized spacial score (nSPS) is 12.8. The summed E-state index contributed by atoms with van der Waals surface area (Å²) in [6, 6.07) is 0. The molecule has 52 heavy (non-hydrogen) atoms. The van der Waals surface area contributed by atoms with E-state index in [-0.39, 0.29) is 37.5 Å². The third kappa shape index (κ3) is 38.1. The number of ether oxygens (including phenoxy) is 3. The Hall–Kier alpha value is -3.15. The van der Waals surface area contributed by atoms with Gasteiger partial charge in [0, 0.05) is 19.3 Å². The molecule has 0 aromatic carbocycles. The molecule has 0 radical (unpaired) electrons. The van der Waals surface area contributed by atoms with Crippen molar-refractivity contribution in [1.29, 1.82) is 0 Å². The van der Waals surface area contributed by atoms with Crippen molar-refractivity contribution in [2.75, 3.05) is 13.2 Å². The zero-order valence-electron chi connectivity index (χ0n) is 33.5. The third-order valence-electron chi connectivity index (χ3n) is 8.46. The molecule has 0 spiro atoms. The smallest absolute Gasteiger partial charge is 0.306 e. The van der Waals surface area contributed by atoms with Gasteiger partial charge in [0.1, 0.15) is 13.2 Å². The van der Waals surface area contributed by atoms with Crippen molar-refractivity contribution >= 4 is 17.9 Å². The number of allylic oxidation sites excluding steroid dienone is 12. The fourth-order valence-electron chi connectivity index (χ4n) is 5.35. The monoisotopic (exact) mass is 725 g/mol. The molecular weight excluding hydrogens is 648 g/mol. The zero-order valence-corrected chi connectivity index (χ0v) is 33.5. The molecule has 0 amide bonds. The second kappa shape index (κ2) is 40.6. The average molecular weight is 725 g/mol. The summed E-state index contributed by atoms with van der Waals surface area (Å²) < 4.78 is 16.5. The van der Waals surface area contributed by atoms with Crippen LogP contribution >= 0.6 is 0 Å². The van der Waals surface area contributed by atoms with Gasteiger partial charge in [0.2, 0.25) is 0 Å². The van der Waals surface area contributed by atoms with Gasteiger partial charge in [0.15, 0.2) is 6.10 Å². The summed E-state index contributed by atoms with van der Waals surface area (Å²) in [7, 11) is 0. The van der Waals surface area contributed by atoms with Crippen LogP contribution in [-0.2, 0) is 28.6 Å². The van der Waals surface area contributed by atoms with Crippen LogP contribution in [0.5, 0.6) is 0 Å². The summed E-state index contributed by atoms with van der Waals surface area (Å²) in [5.41, 5.74) is 0. The first-order valence-electron chi connectivity index (χ1n) is 20.9. The first kappa shape index (κ1) is 48.9. The second-order valence-corrected chi connectivity index (χ2v) is 13.5. The molecule has 6 nitrogen and oxygen atoms in total. The largest absolute Gasteiger partial charge is 0.462 e. The van der Waals surface area contributed by atoms with Gasteiger partial charge < -0.3 is 14.2 Å². The topological polar surface area (TPSA) is 78.9 Å². The Kier molecular flexibility index (Phi) is 38.2. The fourth-order valence-corrected chi connectivity index (χ4v) is 5.35. The molecule has 1 unspecified atom stereocenters. The van der Waals surface area contributed by atoms with Crippen molar-refractivity contribution in [1.82, 2.24) is 0 Å². The van der Waals surface area contributed by atoms with E-state index in [1.165, 1.54) is 19.3 Å². The maximum absolute atomic E-state index is 12.6. The summed E-state index contributed by atoms with van der Waals surface area (Å²) in [6.45, 7) is 6.28. The van der Waals surface area contributed by atoms with Gasteiger partial charge in [0.05, 0.1) is 0 Å². The minimum absolute atomic E-state index is 0.0944. The van der Waals surface area contributed by atoms with E-state index in [4.69, 9.17) is 14.2 Å². The Bertz CT molecular complexity index is 1020. The molecule has 0 aliphatic heterocycles. The molecular formula is C46H76O6. The number of carbonyl (C=O) groups is 3. The molecule has 0 aromatic heterocycles. The van der Waals surface area contributed by atoms with Crippen molar-refractivity contribution in [3.05, 3.63) is 72.9 Å². The minimum atomic E-state index is -0.792. The number of esters is 3. The maximum atomic E-state index is 12.6.